The second kappa shape index (κ2) is 4.40. The van der Waals surface area contributed by atoms with Gasteiger partial charge < -0.3 is 15.3 Å². The van der Waals surface area contributed by atoms with E-state index in [4.69, 9.17) is 5.11 Å². The number of aromatic carboxylic acids is 1. The highest BCUT2D eigenvalue weighted by atomic mass is 19.1. The lowest BCUT2D eigenvalue weighted by Crippen LogP contribution is -2.48. The van der Waals surface area contributed by atoms with E-state index in [0.29, 0.717) is 18.8 Å². The number of nitrogens with zero attached hydrogens (tertiary/aromatic N) is 1. The second-order valence-corrected chi connectivity index (χ2v) is 3.74. The van der Waals surface area contributed by atoms with Crippen molar-refractivity contribution in [3.8, 4) is 0 Å². The van der Waals surface area contributed by atoms with Gasteiger partial charge in [-0.1, -0.05) is 0 Å². The molecule has 1 amide bonds. The zero-order valence-electron chi connectivity index (χ0n) is 8.94. The molecule has 0 spiro atoms. The van der Waals surface area contributed by atoms with Crippen molar-refractivity contribution < 1.29 is 19.1 Å². The maximum Gasteiger partial charge on any atom is 0.337 e. The summed E-state index contributed by atoms with van der Waals surface area (Å²) in [5, 5.41) is 11.6. The van der Waals surface area contributed by atoms with Crippen LogP contribution in [0.2, 0.25) is 0 Å². The number of piperazine rings is 1. The molecule has 90 valence electrons. The number of amides is 1. The molecule has 1 aliphatic rings. The summed E-state index contributed by atoms with van der Waals surface area (Å²) < 4.78 is 13.0. The fourth-order valence-corrected chi connectivity index (χ4v) is 1.80. The van der Waals surface area contributed by atoms with Crippen LogP contribution < -0.4 is 10.2 Å². The number of carbonyl (C=O) groups is 2. The van der Waals surface area contributed by atoms with E-state index >= 15 is 0 Å². The number of halogens is 1. The zero-order chi connectivity index (χ0) is 12.4. The third kappa shape index (κ3) is 2.35. The minimum atomic E-state index is -1.20. The van der Waals surface area contributed by atoms with E-state index in [9.17, 15) is 14.0 Å². The fourth-order valence-electron chi connectivity index (χ4n) is 1.80. The maximum atomic E-state index is 13.0. The van der Waals surface area contributed by atoms with Gasteiger partial charge in [-0.3, -0.25) is 4.79 Å². The van der Waals surface area contributed by atoms with Crippen LogP contribution in [0.5, 0.6) is 0 Å². The van der Waals surface area contributed by atoms with E-state index in [-0.39, 0.29) is 18.0 Å². The van der Waals surface area contributed by atoms with Crippen LogP contribution in [0.15, 0.2) is 18.2 Å². The molecule has 6 heteroatoms. The summed E-state index contributed by atoms with van der Waals surface area (Å²) >= 11 is 0. The zero-order valence-corrected chi connectivity index (χ0v) is 8.94. The lowest BCUT2D eigenvalue weighted by molar-refractivity contribution is -0.120. The van der Waals surface area contributed by atoms with Crippen LogP contribution in [0.1, 0.15) is 10.4 Å². The number of hydrogen-bond acceptors (Lipinski definition) is 3. The van der Waals surface area contributed by atoms with Gasteiger partial charge in [-0.15, -0.1) is 0 Å². The molecule has 5 nitrogen and oxygen atoms in total. The molecule has 0 saturated carbocycles. The van der Waals surface area contributed by atoms with Gasteiger partial charge >= 0.3 is 5.97 Å². The molecule has 0 aliphatic carbocycles. The molecule has 1 saturated heterocycles. The average molecular weight is 238 g/mol. The summed E-state index contributed by atoms with van der Waals surface area (Å²) in [5.74, 6) is -1.98. The van der Waals surface area contributed by atoms with Crippen LogP contribution in [-0.2, 0) is 4.79 Å². The molecule has 1 aromatic carbocycles. The first-order chi connectivity index (χ1) is 8.08. The molecule has 2 rings (SSSR count). The number of anilines is 1. The summed E-state index contributed by atoms with van der Waals surface area (Å²) in [4.78, 5) is 23.9. The van der Waals surface area contributed by atoms with Crippen molar-refractivity contribution in [1.82, 2.24) is 5.32 Å². The molecule has 0 unspecified atom stereocenters. The number of nitrogens with one attached hydrogen (secondary N) is 1. The molecule has 0 aromatic heterocycles. The molecular formula is C11H11FN2O3. The van der Waals surface area contributed by atoms with Gasteiger partial charge in [0.2, 0.25) is 5.91 Å². The number of carboxylic acid groups (broad SMARTS) is 1. The van der Waals surface area contributed by atoms with Crippen LogP contribution in [0.25, 0.3) is 0 Å². The molecule has 0 radical (unpaired) electrons. The van der Waals surface area contributed by atoms with Crippen molar-refractivity contribution in [1.29, 1.82) is 0 Å². The summed E-state index contributed by atoms with van der Waals surface area (Å²) in [7, 11) is 0. The standard InChI is InChI=1S/C11H11FN2O3/c12-7-1-2-9(8(5-7)11(16)17)14-4-3-13-10(15)6-14/h1-2,5H,3-4,6H2,(H,13,15)(H,16,17). The second-order valence-electron chi connectivity index (χ2n) is 3.74. The van der Waals surface area contributed by atoms with Gasteiger partial charge in [-0.2, -0.15) is 0 Å². The topological polar surface area (TPSA) is 69.6 Å². The van der Waals surface area contributed by atoms with Crippen LogP contribution in [-0.4, -0.2) is 36.6 Å². The predicted molar refractivity (Wildman–Crippen MR) is 58.6 cm³/mol. The average Bonchev–Trinajstić information content (AvgIpc) is 2.28. The lowest BCUT2D eigenvalue weighted by atomic mass is 10.1. The molecule has 0 bridgehead atoms. The Kier molecular flexibility index (Phi) is 2.95. The first-order valence-corrected chi connectivity index (χ1v) is 5.12. The van der Waals surface area contributed by atoms with E-state index in [1.807, 2.05) is 0 Å². The lowest BCUT2D eigenvalue weighted by Gasteiger charge is -2.29. The third-order valence-corrected chi connectivity index (χ3v) is 2.57. The largest absolute Gasteiger partial charge is 0.478 e. The summed E-state index contributed by atoms with van der Waals surface area (Å²) in [5.41, 5.74) is 0.244. The highest BCUT2D eigenvalue weighted by Crippen LogP contribution is 2.22. The van der Waals surface area contributed by atoms with Gasteiger partial charge in [-0.25, -0.2) is 9.18 Å². The molecule has 1 aliphatic heterocycles. The number of benzene rings is 1. The minimum absolute atomic E-state index is 0.0892. The van der Waals surface area contributed by atoms with Gasteiger partial charge in [0.15, 0.2) is 0 Å². The molecule has 1 fully saturated rings. The monoisotopic (exact) mass is 238 g/mol. The molecule has 2 N–H and O–H groups in total. The Balaban J connectivity index is 2.37. The van der Waals surface area contributed by atoms with Crippen molar-refractivity contribution in [2.75, 3.05) is 24.5 Å². The van der Waals surface area contributed by atoms with Crippen molar-refractivity contribution in [3.63, 3.8) is 0 Å². The Bertz CT molecular complexity index is 476. The maximum absolute atomic E-state index is 13.0. The number of hydrogen-bond donors (Lipinski definition) is 2. The predicted octanol–water partition coefficient (Wildman–Crippen LogP) is 0.460. The SMILES string of the molecule is O=C1CN(c2ccc(F)cc2C(=O)O)CCN1. The number of carboxylic acids is 1. The summed E-state index contributed by atoms with van der Waals surface area (Å²) in [6, 6.07) is 3.54. The van der Waals surface area contributed by atoms with Gasteiger partial charge in [0.05, 0.1) is 17.8 Å². The van der Waals surface area contributed by atoms with Crippen LogP contribution in [0, 0.1) is 5.82 Å². The Labute approximate surface area is 96.8 Å². The van der Waals surface area contributed by atoms with Crippen LogP contribution >= 0.6 is 0 Å². The van der Waals surface area contributed by atoms with Crippen molar-refractivity contribution >= 4 is 17.6 Å². The van der Waals surface area contributed by atoms with Gasteiger partial charge in [-0.05, 0) is 18.2 Å². The van der Waals surface area contributed by atoms with Crippen molar-refractivity contribution in [2.45, 2.75) is 0 Å². The quantitative estimate of drug-likeness (QED) is 0.785. The number of rotatable bonds is 2. The van der Waals surface area contributed by atoms with Crippen LogP contribution in [0.4, 0.5) is 10.1 Å². The van der Waals surface area contributed by atoms with E-state index in [1.54, 1.807) is 4.90 Å². The Morgan fingerprint density at radius 3 is 2.88 bits per heavy atom. The Morgan fingerprint density at radius 1 is 1.47 bits per heavy atom. The molecule has 17 heavy (non-hydrogen) atoms. The molecule has 1 aromatic rings. The molecule has 1 heterocycles. The normalized spacial score (nSPS) is 15.6. The van der Waals surface area contributed by atoms with Crippen molar-refractivity contribution in [2.24, 2.45) is 0 Å². The Hall–Kier alpha value is -2.11. The van der Waals surface area contributed by atoms with Gasteiger partial charge in [0.25, 0.3) is 0 Å². The summed E-state index contributed by atoms with van der Waals surface area (Å²) in [6.07, 6.45) is 0. The smallest absolute Gasteiger partial charge is 0.337 e. The van der Waals surface area contributed by atoms with Gasteiger partial charge in [0.1, 0.15) is 5.82 Å². The molecule has 0 atom stereocenters. The van der Waals surface area contributed by atoms with E-state index < -0.39 is 11.8 Å². The van der Waals surface area contributed by atoms with Gasteiger partial charge in [0, 0.05) is 13.1 Å². The molecular weight excluding hydrogens is 227 g/mol. The highest BCUT2D eigenvalue weighted by Gasteiger charge is 2.21. The van der Waals surface area contributed by atoms with Crippen molar-refractivity contribution in [3.05, 3.63) is 29.6 Å². The Morgan fingerprint density at radius 2 is 2.24 bits per heavy atom. The highest BCUT2D eigenvalue weighted by molar-refractivity contribution is 5.95. The number of carbonyl (C=O) groups excluding carboxylic acids is 1. The van der Waals surface area contributed by atoms with E-state index in [0.717, 1.165) is 6.07 Å². The first kappa shape index (κ1) is 11.4. The van der Waals surface area contributed by atoms with E-state index in [1.165, 1.54) is 12.1 Å². The third-order valence-electron chi connectivity index (χ3n) is 2.57. The fraction of sp³-hybridized carbons (Fsp3) is 0.273. The first-order valence-electron chi connectivity index (χ1n) is 5.12. The van der Waals surface area contributed by atoms with Crippen LogP contribution in [0.3, 0.4) is 0 Å². The summed E-state index contributed by atoms with van der Waals surface area (Å²) in [6.45, 7) is 1.05. The van der Waals surface area contributed by atoms with E-state index in [2.05, 4.69) is 5.32 Å². The minimum Gasteiger partial charge on any atom is -0.478 e.